The van der Waals surface area contributed by atoms with Gasteiger partial charge in [0.1, 0.15) is 0 Å². The number of aromatic nitrogens is 1. The molecule has 2 aromatic rings. The molecular weight excluding hydrogens is 272 g/mol. The predicted octanol–water partition coefficient (Wildman–Crippen LogP) is 2.12. The third-order valence-electron chi connectivity index (χ3n) is 3.62. The van der Waals surface area contributed by atoms with E-state index in [1.807, 2.05) is 26.0 Å². The van der Waals surface area contributed by atoms with Crippen LogP contribution in [0.5, 0.6) is 0 Å². The number of nitrogens with zero attached hydrogens (tertiary/aromatic N) is 1. The molecule has 0 amide bonds. The summed E-state index contributed by atoms with van der Waals surface area (Å²) in [7, 11) is 0. The van der Waals surface area contributed by atoms with Crippen LogP contribution in [-0.4, -0.2) is 15.6 Å². The lowest BCUT2D eigenvalue weighted by Gasteiger charge is -2.16. The molecule has 1 heterocycles. The van der Waals surface area contributed by atoms with Crippen molar-refractivity contribution in [1.82, 2.24) is 4.57 Å². The average Bonchev–Trinajstić information content (AvgIpc) is 2.71. The summed E-state index contributed by atoms with van der Waals surface area (Å²) < 4.78 is 6.76. The molecule has 0 aliphatic carbocycles. The minimum Gasteiger partial charge on any atom is -0.481 e. The normalized spacial score (nSPS) is 14.2. The molecule has 1 aromatic carbocycles. The van der Waals surface area contributed by atoms with Crippen LogP contribution in [0.25, 0.3) is 11.1 Å². The number of benzene rings is 1. The zero-order chi connectivity index (χ0) is 15.6. The first-order valence-electron chi connectivity index (χ1n) is 7.03. The SMILES string of the molecule is CCn1c(=O)oc2cc(C(N)CC(C)CC(=O)O)ccc21. The van der Waals surface area contributed by atoms with Gasteiger partial charge in [0.15, 0.2) is 5.58 Å². The molecule has 0 spiro atoms. The van der Waals surface area contributed by atoms with E-state index >= 15 is 0 Å². The average molecular weight is 292 g/mol. The zero-order valence-electron chi connectivity index (χ0n) is 12.2. The van der Waals surface area contributed by atoms with E-state index in [9.17, 15) is 9.59 Å². The topological polar surface area (TPSA) is 98.5 Å². The van der Waals surface area contributed by atoms with Crippen LogP contribution in [0, 0.1) is 5.92 Å². The Morgan fingerprint density at radius 2 is 2.19 bits per heavy atom. The number of carbonyl (C=O) groups is 1. The van der Waals surface area contributed by atoms with Crippen LogP contribution in [0.2, 0.25) is 0 Å². The Morgan fingerprint density at radius 1 is 1.48 bits per heavy atom. The Hall–Kier alpha value is -2.08. The summed E-state index contributed by atoms with van der Waals surface area (Å²) in [5.74, 6) is -1.21. The van der Waals surface area contributed by atoms with Gasteiger partial charge in [-0.2, -0.15) is 0 Å². The van der Waals surface area contributed by atoms with E-state index < -0.39 is 5.97 Å². The number of aliphatic carboxylic acids is 1. The van der Waals surface area contributed by atoms with Crippen molar-refractivity contribution >= 4 is 17.1 Å². The minimum absolute atomic E-state index is 0.0135. The fourth-order valence-corrected chi connectivity index (χ4v) is 2.56. The van der Waals surface area contributed by atoms with Crippen molar-refractivity contribution in [1.29, 1.82) is 0 Å². The fraction of sp³-hybridized carbons (Fsp3) is 0.467. The van der Waals surface area contributed by atoms with Crippen molar-refractivity contribution < 1.29 is 14.3 Å². The predicted molar refractivity (Wildman–Crippen MR) is 79.1 cm³/mol. The molecule has 2 unspecified atom stereocenters. The molecule has 0 bridgehead atoms. The van der Waals surface area contributed by atoms with E-state index in [1.165, 1.54) is 0 Å². The quantitative estimate of drug-likeness (QED) is 0.849. The van der Waals surface area contributed by atoms with E-state index in [0.29, 0.717) is 18.5 Å². The second-order valence-electron chi connectivity index (χ2n) is 5.38. The number of hydrogen-bond donors (Lipinski definition) is 2. The number of hydrogen-bond acceptors (Lipinski definition) is 4. The van der Waals surface area contributed by atoms with Crippen LogP contribution >= 0.6 is 0 Å². The smallest absolute Gasteiger partial charge is 0.419 e. The summed E-state index contributed by atoms with van der Waals surface area (Å²) in [6.45, 7) is 4.29. The molecule has 6 nitrogen and oxygen atoms in total. The lowest BCUT2D eigenvalue weighted by Crippen LogP contribution is -2.16. The van der Waals surface area contributed by atoms with Crippen molar-refractivity contribution in [2.45, 2.75) is 39.3 Å². The maximum atomic E-state index is 11.6. The summed E-state index contributed by atoms with van der Waals surface area (Å²) in [6.07, 6.45) is 0.660. The molecule has 3 N–H and O–H groups in total. The van der Waals surface area contributed by atoms with Crippen LogP contribution in [0.1, 0.15) is 38.3 Å². The first-order chi connectivity index (χ1) is 9.92. The third-order valence-corrected chi connectivity index (χ3v) is 3.62. The lowest BCUT2D eigenvalue weighted by molar-refractivity contribution is -0.138. The van der Waals surface area contributed by atoms with Gasteiger partial charge in [-0.15, -0.1) is 0 Å². The van der Waals surface area contributed by atoms with Crippen LogP contribution in [0.15, 0.2) is 27.4 Å². The molecule has 0 aliphatic rings. The molecule has 0 radical (unpaired) electrons. The standard InChI is InChI=1S/C15H20N2O4/c1-3-17-12-5-4-10(8-13(12)21-15(17)20)11(16)6-9(2)7-14(18)19/h4-5,8-9,11H,3,6-7,16H2,1-2H3,(H,18,19). The van der Waals surface area contributed by atoms with Gasteiger partial charge in [-0.1, -0.05) is 13.0 Å². The number of oxazole rings is 1. The highest BCUT2D eigenvalue weighted by Gasteiger charge is 2.16. The highest BCUT2D eigenvalue weighted by molar-refractivity contribution is 5.74. The Bertz CT molecular complexity index is 701. The van der Waals surface area contributed by atoms with E-state index in [-0.39, 0.29) is 24.1 Å². The molecule has 114 valence electrons. The Morgan fingerprint density at radius 3 is 2.81 bits per heavy atom. The van der Waals surface area contributed by atoms with E-state index in [1.54, 1.807) is 10.6 Å². The summed E-state index contributed by atoms with van der Waals surface area (Å²) in [6, 6.07) is 5.17. The summed E-state index contributed by atoms with van der Waals surface area (Å²) in [5, 5.41) is 8.78. The summed E-state index contributed by atoms with van der Waals surface area (Å²) >= 11 is 0. The van der Waals surface area contributed by atoms with E-state index in [2.05, 4.69) is 0 Å². The summed E-state index contributed by atoms with van der Waals surface area (Å²) in [4.78, 5) is 22.3. The molecule has 0 fully saturated rings. The van der Waals surface area contributed by atoms with Crippen LogP contribution < -0.4 is 11.5 Å². The van der Waals surface area contributed by atoms with Crippen LogP contribution in [0.4, 0.5) is 0 Å². The molecule has 21 heavy (non-hydrogen) atoms. The monoisotopic (exact) mass is 292 g/mol. The minimum atomic E-state index is -0.823. The number of carboxylic acid groups (broad SMARTS) is 1. The lowest BCUT2D eigenvalue weighted by atomic mass is 9.94. The zero-order valence-corrected chi connectivity index (χ0v) is 12.2. The van der Waals surface area contributed by atoms with Crippen molar-refractivity contribution in [2.24, 2.45) is 11.7 Å². The number of aryl methyl sites for hydroxylation is 1. The number of nitrogens with two attached hydrogens (primary N) is 1. The second-order valence-corrected chi connectivity index (χ2v) is 5.38. The van der Waals surface area contributed by atoms with E-state index in [0.717, 1.165) is 11.1 Å². The van der Waals surface area contributed by atoms with Gasteiger partial charge >= 0.3 is 11.7 Å². The molecule has 1 aromatic heterocycles. The number of carboxylic acids is 1. The van der Waals surface area contributed by atoms with Gasteiger partial charge in [-0.3, -0.25) is 9.36 Å². The first kappa shape index (κ1) is 15.3. The van der Waals surface area contributed by atoms with Gasteiger partial charge in [-0.05, 0) is 37.0 Å². The molecule has 2 atom stereocenters. The van der Waals surface area contributed by atoms with Gasteiger partial charge in [-0.25, -0.2) is 4.79 Å². The third kappa shape index (κ3) is 3.33. The maximum absolute atomic E-state index is 11.6. The molecule has 6 heteroatoms. The van der Waals surface area contributed by atoms with Gasteiger partial charge < -0.3 is 15.3 Å². The van der Waals surface area contributed by atoms with Crippen molar-refractivity contribution in [3.63, 3.8) is 0 Å². The van der Waals surface area contributed by atoms with Gasteiger partial charge in [0.05, 0.1) is 5.52 Å². The van der Waals surface area contributed by atoms with Gasteiger partial charge in [0.2, 0.25) is 0 Å². The highest BCUT2D eigenvalue weighted by Crippen LogP contribution is 2.24. The first-order valence-corrected chi connectivity index (χ1v) is 7.03. The van der Waals surface area contributed by atoms with E-state index in [4.69, 9.17) is 15.3 Å². The fourth-order valence-electron chi connectivity index (χ4n) is 2.56. The number of rotatable bonds is 6. The Balaban J connectivity index is 2.22. The Kier molecular flexibility index (Phi) is 4.47. The molecule has 0 saturated carbocycles. The van der Waals surface area contributed by atoms with Gasteiger partial charge in [0, 0.05) is 19.0 Å². The molecule has 2 rings (SSSR count). The van der Waals surface area contributed by atoms with Gasteiger partial charge in [0.25, 0.3) is 0 Å². The molecular formula is C15H20N2O4. The highest BCUT2D eigenvalue weighted by atomic mass is 16.4. The van der Waals surface area contributed by atoms with Crippen LogP contribution in [-0.2, 0) is 11.3 Å². The van der Waals surface area contributed by atoms with Crippen molar-refractivity contribution in [3.05, 3.63) is 34.3 Å². The van der Waals surface area contributed by atoms with Crippen LogP contribution in [0.3, 0.4) is 0 Å². The molecule has 0 aliphatic heterocycles. The maximum Gasteiger partial charge on any atom is 0.419 e. The molecule has 0 saturated heterocycles. The summed E-state index contributed by atoms with van der Waals surface area (Å²) in [5.41, 5.74) is 8.23. The van der Waals surface area contributed by atoms with Crippen molar-refractivity contribution in [2.75, 3.05) is 0 Å². The largest absolute Gasteiger partial charge is 0.481 e. The van der Waals surface area contributed by atoms with Crippen molar-refractivity contribution in [3.8, 4) is 0 Å². The Labute approximate surface area is 122 Å². The second kappa shape index (κ2) is 6.13. The number of fused-ring (bicyclic) bond motifs is 1.